The molecule has 0 radical (unpaired) electrons. The molecule has 0 saturated carbocycles. The molecule has 0 spiro atoms. The average Bonchev–Trinajstić information content (AvgIpc) is 2.93. The van der Waals surface area contributed by atoms with Gasteiger partial charge in [0.15, 0.2) is 17.2 Å². The van der Waals surface area contributed by atoms with Crippen LogP contribution in [-0.4, -0.2) is 9.97 Å². The van der Waals surface area contributed by atoms with E-state index >= 15 is 0 Å². The van der Waals surface area contributed by atoms with E-state index in [-0.39, 0.29) is 39.4 Å². The van der Waals surface area contributed by atoms with Crippen molar-refractivity contribution in [1.82, 2.24) is 9.97 Å². The van der Waals surface area contributed by atoms with Gasteiger partial charge in [0.1, 0.15) is 11.4 Å². The quantitative estimate of drug-likeness (QED) is 0.527. The summed E-state index contributed by atoms with van der Waals surface area (Å²) >= 11 is 0. The SMILES string of the molecule is Nc1oc2c(-c3ccncc3)nc(F)c(-c3ccc(F)c(F)c3)c2c1N. The Morgan fingerprint density at radius 2 is 1.62 bits per heavy atom. The average molecular weight is 356 g/mol. The zero-order valence-electron chi connectivity index (χ0n) is 13.1. The topological polar surface area (TPSA) is 91.0 Å². The standard InChI is InChI=1S/C18H11F3N4O/c19-10-2-1-9(7-11(10)20)12-13-14(22)18(23)26-16(13)15(25-17(12)21)8-3-5-24-6-4-8/h1-7H,22-23H2. The van der Waals surface area contributed by atoms with Crippen molar-refractivity contribution in [3.63, 3.8) is 0 Å². The molecular formula is C18H11F3N4O. The van der Waals surface area contributed by atoms with Crippen molar-refractivity contribution in [3.8, 4) is 22.4 Å². The number of rotatable bonds is 2. The van der Waals surface area contributed by atoms with E-state index in [9.17, 15) is 13.2 Å². The van der Waals surface area contributed by atoms with Crippen molar-refractivity contribution in [2.45, 2.75) is 0 Å². The van der Waals surface area contributed by atoms with E-state index in [4.69, 9.17) is 15.9 Å². The molecule has 0 amide bonds. The lowest BCUT2D eigenvalue weighted by atomic mass is 10.00. The summed E-state index contributed by atoms with van der Waals surface area (Å²) in [6.07, 6.45) is 3.03. The van der Waals surface area contributed by atoms with Gasteiger partial charge in [0.2, 0.25) is 11.8 Å². The summed E-state index contributed by atoms with van der Waals surface area (Å²) in [6.45, 7) is 0. The predicted octanol–water partition coefficient (Wildman–Crippen LogP) is 4.14. The molecule has 8 heteroatoms. The van der Waals surface area contributed by atoms with Gasteiger partial charge < -0.3 is 15.9 Å². The van der Waals surface area contributed by atoms with E-state index in [1.807, 2.05) is 0 Å². The lowest BCUT2D eigenvalue weighted by Gasteiger charge is -2.09. The van der Waals surface area contributed by atoms with E-state index in [0.717, 1.165) is 12.1 Å². The van der Waals surface area contributed by atoms with Gasteiger partial charge in [-0.15, -0.1) is 0 Å². The van der Waals surface area contributed by atoms with Gasteiger partial charge in [0.25, 0.3) is 0 Å². The Morgan fingerprint density at radius 1 is 0.885 bits per heavy atom. The highest BCUT2D eigenvalue weighted by atomic mass is 19.2. The summed E-state index contributed by atoms with van der Waals surface area (Å²) in [6, 6.07) is 6.23. The molecule has 4 N–H and O–H groups in total. The Bertz CT molecular complexity index is 1140. The molecule has 1 aromatic carbocycles. The van der Waals surface area contributed by atoms with E-state index in [1.165, 1.54) is 18.5 Å². The maximum Gasteiger partial charge on any atom is 0.222 e. The molecule has 5 nitrogen and oxygen atoms in total. The van der Waals surface area contributed by atoms with Crippen molar-refractivity contribution in [1.29, 1.82) is 0 Å². The van der Waals surface area contributed by atoms with Crippen molar-refractivity contribution in [2.75, 3.05) is 11.5 Å². The van der Waals surface area contributed by atoms with E-state index in [0.29, 0.717) is 5.56 Å². The molecule has 0 aliphatic carbocycles. The van der Waals surface area contributed by atoms with Gasteiger partial charge in [0, 0.05) is 18.0 Å². The summed E-state index contributed by atoms with van der Waals surface area (Å²) in [5.74, 6) is -3.20. The molecular weight excluding hydrogens is 345 g/mol. The second-order valence-electron chi connectivity index (χ2n) is 5.58. The number of halogens is 3. The molecule has 0 aliphatic rings. The number of hydrogen-bond acceptors (Lipinski definition) is 5. The van der Waals surface area contributed by atoms with Crippen LogP contribution in [0, 0.1) is 17.6 Å². The van der Waals surface area contributed by atoms with E-state index < -0.39 is 17.6 Å². The largest absolute Gasteiger partial charge is 0.436 e. The Labute approximate surface area is 145 Å². The van der Waals surface area contributed by atoms with Crippen LogP contribution in [0.15, 0.2) is 47.1 Å². The minimum atomic E-state index is -1.12. The number of furan rings is 1. The Kier molecular flexibility index (Phi) is 3.54. The van der Waals surface area contributed by atoms with Gasteiger partial charge in [0.05, 0.1) is 10.9 Å². The molecule has 0 bridgehead atoms. The number of fused-ring (bicyclic) bond motifs is 1. The first-order chi connectivity index (χ1) is 12.5. The number of nitrogen functional groups attached to an aromatic ring is 2. The van der Waals surface area contributed by atoms with Crippen LogP contribution in [0.1, 0.15) is 0 Å². The van der Waals surface area contributed by atoms with Crippen LogP contribution in [0.25, 0.3) is 33.4 Å². The van der Waals surface area contributed by atoms with Gasteiger partial charge in [-0.3, -0.25) is 4.98 Å². The summed E-state index contributed by atoms with van der Waals surface area (Å²) in [7, 11) is 0. The predicted molar refractivity (Wildman–Crippen MR) is 91.4 cm³/mol. The first kappa shape index (κ1) is 15.9. The van der Waals surface area contributed by atoms with E-state index in [1.54, 1.807) is 12.1 Å². The molecule has 0 saturated heterocycles. The third-order valence-corrected chi connectivity index (χ3v) is 4.02. The fourth-order valence-electron chi connectivity index (χ4n) is 2.80. The monoisotopic (exact) mass is 356 g/mol. The highest BCUT2D eigenvalue weighted by molar-refractivity contribution is 6.09. The number of anilines is 2. The normalized spacial score (nSPS) is 11.2. The maximum absolute atomic E-state index is 14.9. The van der Waals surface area contributed by atoms with E-state index in [2.05, 4.69) is 9.97 Å². The van der Waals surface area contributed by atoms with Crippen LogP contribution in [0.2, 0.25) is 0 Å². The molecule has 0 aliphatic heterocycles. The van der Waals surface area contributed by atoms with Gasteiger partial charge in [-0.1, -0.05) is 6.07 Å². The summed E-state index contributed by atoms with van der Waals surface area (Å²) in [5.41, 5.74) is 12.5. The Balaban J connectivity index is 2.10. The van der Waals surface area contributed by atoms with Crippen LogP contribution < -0.4 is 11.5 Å². The van der Waals surface area contributed by atoms with Crippen LogP contribution in [0.5, 0.6) is 0 Å². The van der Waals surface area contributed by atoms with Gasteiger partial charge in [-0.25, -0.2) is 13.8 Å². The summed E-state index contributed by atoms with van der Waals surface area (Å²) < 4.78 is 47.3. The fraction of sp³-hybridized carbons (Fsp3) is 0. The minimum absolute atomic E-state index is 0.00339. The molecule has 0 atom stereocenters. The zero-order valence-corrected chi connectivity index (χ0v) is 13.1. The minimum Gasteiger partial charge on any atom is -0.436 e. The van der Waals surface area contributed by atoms with Crippen LogP contribution >= 0.6 is 0 Å². The van der Waals surface area contributed by atoms with Crippen molar-refractivity contribution < 1.29 is 17.6 Å². The molecule has 3 heterocycles. The molecule has 4 rings (SSSR count). The lowest BCUT2D eigenvalue weighted by Crippen LogP contribution is -1.97. The first-order valence-corrected chi connectivity index (χ1v) is 7.50. The van der Waals surface area contributed by atoms with Crippen molar-refractivity contribution in [3.05, 3.63) is 60.3 Å². The third kappa shape index (κ3) is 2.34. The summed E-state index contributed by atoms with van der Waals surface area (Å²) in [4.78, 5) is 7.84. The first-order valence-electron chi connectivity index (χ1n) is 7.50. The second kappa shape index (κ2) is 5.76. The van der Waals surface area contributed by atoms with Crippen molar-refractivity contribution in [2.24, 2.45) is 0 Å². The highest BCUT2D eigenvalue weighted by Gasteiger charge is 2.24. The zero-order chi connectivity index (χ0) is 18.4. The number of pyridine rings is 2. The molecule has 4 aromatic rings. The summed E-state index contributed by atoms with van der Waals surface area (Å²) in [5, 5.41) is 0.146. The lowest BCUT2D eigenvalue weighted by molar-refractivity contribution is 0.509. The van der Waals surface area contributed by atoms with Gasteiger partial charge in [-0.05, 0) is 29.8 Å². The number of aromatic nitrogens is 2. The van der Waals surface area contributed by atoms with Crippen molar-refractivity contribution >= 4 is 22.5 Å². The number of nitrogens with zero attached hydrogens (tertiary/aromatic N) is 2. The molecule has 0 fully saturated rings. The van der Waals surface area contributed by atoms with Crippen LogP contribution in [0.3, 0.4) is 0 Å². The third-order valence-electron chi connectivity index (χ3n) is 4.02. The Hall–Kier alpha value is -3.55. The number of nitrogens with two attached hydrogens (primary N) is 2. The van der Waals surface area contributed by atoms with Gasteiger partial charge >= 0.3 is 0 Å². The number of benzene rings is 1. The van der Waals surface area contributed by atoms with Crippen LogP contribution in [0.4, 0.5) is 24.7 Å². The molecule has 0 unspecified atom stereocenters. The maximum atomic E-state index is 14.9. The Morgan fingerprint density at radius 3 is 2.31 bits per heavy atom. The van der Waals surface area contributed by atoms with Gasteiger partial charge in [-0.2, -0.15) is 4.39 Å². The second-order valence-corrected chi connectivity index (χ2v) is 5.58. The molecule has 26 heavy (non-hydrogen) atoms. The highest BCUT2D eigenvalue weighted by Crippen LogP contribution is 2.43. The smallest absolute Gasteiger partial charge is 0.222 e. The molecule has 130 valence electrons. The molecule has 3 aromatic heterocycles. The van der Waals surface area contributed by atoms with Crippen LogP contribution in [-0.2, 0) is 0 Å². The number of hydrogen-bond donors (Lipinski definition) is 2. The fourth-order valence-corrected chi connectivity index (χ4v) is 2.80.